The van der Waals surface area contributed by atoms with Crippen LogP contribution in [-0.4, -0.2) is 22.3 Å². The van der Waals surface area contributed by atoms with E-state index in [1.54, 1.807) is 31.2 Å². The van der Waals surface area contributed by atoms with Crippen LogP contribution in [0.2, 0.25) is 5.02 Å². The van der Waals surface area contributed by atoms with Gasteiger partial charge in [0.2, 0.25) is 11.5 Å². The van der Waals surface area contributed by atoms with E-state index in [2.05, 4.69) is 22.3 Å². The lowest BCUT2D eigenvalue weighted by atomic mass is 10.1. The SMILES string of the molecule is CC(OC(=O)Nc1c(C#N)noc1C#Cc1cc2sc(C3(C(=O)O)CC3)cc2s1)c1ccccc1Cl. The maximum Gasteiger partial charge on any atom is 0.412 e. The average molecular weight is 538 g/mol. The molecule has 1 saturated carbocycles. The quantitative estimate of drug-likeness (QED) is 0.286. The molecule has 1 atom stereocenters. The lowest BCUT2D eigenvalue weighted by Crippen LogP contribution is -2.17. The van der Waals surface area contributed by atoms with Crippen molar-refractivity contribution in [2.24, 2.45) is 0 Å². The van der Waals surface area contributed by atoms with Crippen molar-refractivity contribution in [3.8, 4) is 17.9 Å². The van der Waals surface area contributed by atoms with Gasteiger partial charge in [-0.3, -0.25) is 10.1 Å². The average Bonchev–Trinajstić information content (AvgIpc) is 3.23. The number of rotatable bonds is 5. The fraction of sp³-hybridized carbons (Fsp3) is 0.200. The molecule has 3 heterocycles. The second-order valence-electron chi connectivity index (χ2n) is 8.13. The van der Waals surface area contributed by atoms with Gasteiger partial charge in [0.1, 0.15) is 23.3 Å². The van der Waals surface area contributed by atoms with Gasteiger partial charge in [0, 0.05) is 24.9 Å². The number of nitrogens with zero attached hydrogens (tertiary/aromatic N) is 2. The largest absolute Gasteiger partial charge is 0.481 e. The highest BCUT2D eigenvalue weighted by atomic mass is 35.5. The Kier molecular flexibility index (Phi) is 6.19. The minimum Gasteiger partial charge on any atom is -0.481 e. The van der Waals surface area contributed by atoms with Crippen molar-refractivity contribution in [3.63, 3.8) is 0 Å². The highest BCUT2D eigenvalue weighted by molar-refractivity contribution is 7.28. The number of thiophene rings is 2. The minimum atomic E-state index is -0.818. The number of ether oxygens (including phenoxy) is 1. The number of hydrogen-bond donors (Lipinski definition) is 2. The second kappa shape index (κ2) is 9.32. The first-order valence-corrected chi connectivity index (χ1v) is 12.7. The van der Waals surface area contributed by atoms with Crippen LogP contribution in [0.25, 0.3) is 9.40 Å². The van der Waals surface area contributed by atoms with Gasteiger partial charge in [-0.05, 0) is 49.8 Å². The summed E-state index contributed by atoms with van der Waals surface area (Å²) in [5.41, 5.74) is -0.223. The summed E-state index contributed by atoms with van der Waals surface area (Å²) in [5.74, 6) is 5.00. The molecule has 5 rings (SSSR count). The van der Waals surface area contributed by atoms with Gasteiger partial charge in [-0.1, -0.05) is 35.0 Å². The van der Waals surface area contributed by atoms with Gasteiger partial charge in [0.15, 0.2) is 0 Å². The number of nitrogens with one attached hydrogen (secondary N) is 1. The molecule has 0 spiro atoms. The van der Waals surface area contributed by atoms with Crippen LogP contribution >= 0.6 is 34.3 Å². The number of carboxylic acids is 1. The molecule has 0 radical (unpaired) electrons. The Morgan fingerprint density at radius 1 is 1.25 bits per heavy atom. The summed E-state index contributed by atoms with van der Waals surface area (Å²) in [6.45, 7) is 1.68. The number of hydrogen-bond acceptors (Lipinski definition) is 8. The molecule has 180 valence electrons. The summed E-state index contributed by atoms with van der Waals surface area (Å²) in [6, 6.07) is 12.7. The first-order chi connectivity index (χ1) is 17.3. The van der Waals surface area contributed by atoms with Crippen LogP contribution in [0.3, 0.4) is 0 Å². The number of amides is 1. The predicted molar refractivity (Wildman–Crippen MR) is 135 cm³/mol. The molecule has 11 heteroatoms. The van der Waals surface area contributed by atoms with E-state index in [9.17, 15) is 20.0 Å². The van der Waals surface area contributed by atoms with Crippen molar-refractivity contribution >= 4 is 61.4 Å². The topological polar surface area (TPSA) is 125 Å². The molecule has 1 aliphatic rings. The van der Waals surface area contributed by atoms with E-state index in [-0.39, 0.29) is 17.1 Å². The number of carbonyl (C=O) groups excluding carboxylic acids is 1. The van der Waals surface area contributed by atoms with E-state index in [0.29, 0.717) is 23.4 Å². The van der Waals surface area contributed by atoms with Crippen molar-refractivity contribution in [1.82, 2.24) is 5.16 Å². The number of nitriles is 1. The highest BCUT2D eigenvalue weighted by Crippen LogP contribution is 2.52. The Morgan fingerprint density at radius 2 is 2.00 bits per heavy atom. The Hall–Kier alpha value is -3.83. The summed E-state index contributed by atoms with van der Waals surface area (Å²) < 4.78 is 12.5. The van der Waals surface area contributed by atoms with Crippen LogP contribution in [0.5, 0.6) is 0 Å². The zero-order valence-corrected chi connectivity index (χ0v) is 21.0. The molecule has 1 fully saturated rings. The summed E-state index contributed by atoms with van der Waals surface area (Å²) in [7, 11) is 0. The first kappa shape index (κ1) is 23.9. The van der Waals surface area contributed by atoms with Gasteiger partial charge in [-0.15, -0.1) is 22.7 Å². The van der Waals surface area contributed by atoms with E-state index in [0.717, 1.165) is 19.2 Å². The number of fused-ring (bicyclic) bond motifs is 1. The molecule has 0 bridgehead atoms. The molecular formula is C25H16ClN3O5S2. The number of anilines is 1. The van der Waals surface area contributed by atoms with Gasteiger partial charge in [0.05, 0.1) is 4.88 Å². The molecule has 1 unspecified atom stereocenters. The number of aromatic nitrogens is 1. The summed E-state index contributed by atoms with van der Waals surface area (Å²) in [4.78, 5) is 25.7. The molecule has 36 heavy (non-hydrogen) atoms. The van der Waals surface area contributed by atoms with E-state index in [1.807, 2.05) is 18.2 Å². The monoisotopic (exact) mass is 537 g/mol. The summed E-state index contributed by atoms with van der Waals surface area (Å²) >= 11 is 9.05. The molecular weight excluding hydrogens is 522 g/mol. The van der Waals surface area contributed by atoms with Crippen LogP contribution < -0.4 is 5.32 Å². The van der Waals surface area contributed by atoms with Crippen molar-refractivity contribution in [2.75, 3.05) is 5.32 Å². The van der Waals surface area contributed by atoms with Gasteiger partial charge in [0.25, 0.3) is 0 Å². The number of aliphatic carboxylic acids is 1. The number of halogens is 1. The fourth-order valence-electron chi connectivity index (χ4n) is 3.67. The Labute approximate surface area is 218 Å². The first-order valence-electron chi connectivity index (χ1n) is 10.7. The highest BCUT2D eigenvalue weighted by Gasteiger charge is 2.53. The molecule has 1 amide bonds. The van der Waals surface area contributed by atoms with E-state index in [1.165, 1.54) is 22.7 Å². The van der Waals surface area contributed by atoms with Crippen LogP contribution in [-0.2, 0) is 14.9 Å². The van der Waals surface area contributed by atoms with E-state index < -0.39 is 23.6 Å². The molecule has 3 aromatic heterocycles. The predicted octanol–water partition coefficient (Wildman–Crippen LogP) is 6.30. The van der Waals surface area contributed by atoms with Crippen LogP contribution in [0.15, 0.2) is 40.9 Å². The Balaban J connectivity index is 1.33. The third-order valence-corrected chi connectivity index (χ3v) is 8.55. The lowest BCUT2D eigenvalue weighted by Gasteiger charge is -2.15. The maximum absolute atomic E-state index is 12.5. The van der Waals surface area contributed by atoms with Crippen LogP contribution in [0.1, 0.15) is 52.6 Å². The van der Waals surface area contributed by atoms with Crippen LogP contribution in [0, 0.1) is 23.2 Å². The summed E-state index contributed by atoms with van der Waals surface area (Å²) in [6.07, 6.45) is -0.143. The standard InChI is InChI=1S/C25H16ClN3O5S2/c1-13(15-4-2-3-5-16(15)26)33-24(32)28-22-17(12-27)29-34-18(22)7-6-14-10-19-20(35-14)11-21(36-19)25(8-9-25)23(30)31/h2-5,10-11,13H,8-9H2,1H3,(H,28,32)(H,30,31). The normalized spacial score (nSPS) is 14.4. The molecule has 0 aliphatic heterocycles. The fourth-order valence-corrected chi connectivity index (χ4v) is 6.45. The van der Waals surface area contributed by atoms with E-state index >= 15 is 0 Å². The minimum absolute atomic E-state index is 0.00847. The molecule has 1 aromatic carbocycles. The Morgan fingerprint density at radius 3 is 2.67 bits per heavy atom. The lowest BCUT2D eigenvalue weighted by molar-refractivity contribution is -0.139. The van der Waals surface area contributed by atoms with Crippen molar-refractivity contribution in [3.05, 3.63) is 68.2 Å². The second-order valence-corrected chi connectivity index (χ2v) is 10.7. The zero-order valence-electron chi connectivity index (χ0n) is 18.6. The third kappa shape index (κ3) is 4.42. The number of carboxylic acid groups (broad SMARTS) is 1. The summed E-state index contributed by atoms with van der Waals surface area (Å²) in [5, 5.41) is 25.5. The molecule has 1 aliphatic carbocycles. The van der Waals surface area contributed by atoms with Crippen molar-refractivity contribution in [2.45, 2.75) is 31.3 Å². The van der Waals surface area contributed by atoms with Crippen LogP contribution in [0.4, 0.5) is 10.5 Å². The zero-order chi connectivity index (χ0) is 25.4. The van der Waals surface area contributed by atoms with Gasteiger partial charge in [-0.2, -0.15) is 5.26 Å². The molecule has 8 nitrogen and oxygen atoms in total. The molecule has 0 saturated heterocycles. The van der Waals surface area contributed by atoms with E-state index in [4.69, 9.17) is 20.9 Å². The smallest absolute Gasteiger partial charge is 0.412 e. The van der Waals surface area contributed by atoms with Gasteiger partial charge >= 0.3 is 12.1 Å². The number of carbonyl (C=O) groups is 2. The third-order valence-electron chi connectivity index (χ3n) is 5.79. The molecule has 2 N–H and O–H groups in total. The van der Waals surface area contributed by atoms with Gasteiger partial charge < -0.3 is 14.4 Å². The number of benzene rings is 1. The maximum atomic E-state index is 12.5. The Bertz CT molecular complexity index is 1580. The van der Waals surface area contributed by atoms with Crippen molar-refractivity contribution < 1.29 is 24.0 Å². The van der Waals surface area contributed by atoms with Crippen molar-refractivity contribution in [1.29, 1.82) is 5.26 Å². The molecule has 4 aromatic rings. The van der Waals surface area contributed by atoms with Gasteiger partial charge in [-0.25, -0.2) is 4.79 Å².